The highest BCUT2D eigenvalue weighted by Crippen LogP contribution is 2.24. The quantitative estimate of drug-likeness (QED) is 0.810. The lowest BCUT2D eigenvalue weighted by Crippen LogP contribution is -2.18. The number of sulfonamides is 1. The molecule has 1 rings (SSSR count). The van der Waals surface area contributed by atoms with Crippen LogP contribution in [0.1, 0.15) is 6.42 Å². The Labute approximate surface area is 106 Å². The molecule has 0 heterocycles. The van der Waals surface area contributed by atoms with Crippen molar-refractivity contribution in [2.24, 2.45) is 0 Å². The van der Waals surface area contributed by atoms with Gasteiger partial charge in [0.05, 0.1) is 15.9 Å². The maximum atomic E-state index is 13.3. The smallest absolute Gasteiger partial charge is 0.232 e. The number of hydrogen-bond acceptors (Lipinski definition) is 3. The van der Waals surface area contributed by atoms with E-state index in [0.29, 0.717) is 0 Å². The first-order chi connectivity index (χ1) is 7.85. The molecule has 0 saturated heterocycles. The van der Waals surface area contributed by atoms with Gasteiger partial charge in [-0.3, -0.25) is 4.72 Å². The maximum Gasteiger partial charge on any atom is 0.232 e. The van der Waals surface area contributed by atoms with Crippen molar-refractivity contribution >= 4 is 31.6 Å². The second-order valence-electron chi connectivity index (χ2n) is 3.24. The molecule has 0 amide bonds. The van der Waals surface area contributed by atoms with Gasteiger partial charge >= 0.3 is 0 Å². The van der Waals surface area contributed by atoms with E-state index in [2.05, 4.69) is 15.9 Å². The van der Waals surface area contributed by atoms with Crippen molar-refractivity contribution in [2.75, 3.05) is 17.1 Å². The highest BCUT2D eigenvalue weighted by molar-refractivity contribution is 9.10. The summed E-state index contributed by atoms with van der Waals surface area (Å²) in [5.41, 5.74) is -0.455. The average Bonchev–Trinajstić information content (AvgIpc) is 2.23. The van der Waals surface area contributed by atoms with Crippen LogP contribution in [0.5, 0.6) is 0 Å². The molecule has 1 aromatic carbocycles. The predicted molar refractivity (Wildman–Crippen MR) is 63.2 cm³/mol. The lowest BCUT2D eigenvalue weighted by Gasteiger charge is -2.09. The standard InChI is InChI=1S/C9H10BrF2NO3S/c10-6-4-8(12)9(5-7(6)11)13-17(15,16)3-1-2-14/h4-5,13-14H,1-3H2. The van der Waals surface area contributed by atoms with Crippen molar-refractivity contribution in [1.82, 2.24) is 0 Å². The Balaban J connectivity index is 2.92. The van der Waals surface area contributed by atoms with Gasteiger partial charge in [-0.2, -0.15) is 0 Å². The van der Waals surface area contributed by atoms with E-state index in [9.17, 15) is 17.2 Å². The summed E-state index contributed by atoms with van der Waals surface area (Å²) in [4.78, 5) is 0. The molecule has 8 heteroatoms. The molecule has 0 bridgehead atoms. The van der Waals surface area contributed by atoms with E-state index in [4.69, 9.17) is 5.11 Å². The normalized spacial score (nSPS) is 11.5. The summed E-state index contributed by atoms with van der Waals surface area (Å²) in [6.07, 6.45) is 0.0238. The van der Waals surface area contributed by atoms with Crippen LogP contribution in [-0.4, -0.2) is 25.9 Å². The van der Waals surface area contributed by atoms with E-state index in [1.165, 1.54) is 0 Å². The highest BCUT2D eigenvalue weighted by Gasteiger charge is 2.15. The molecule has 0 atom stereocenters. The van der Waals surface area contributed by atoms with Crippen LogP contribution in [0.4, 0.5) is 14.5 Å². The average molecular weight is 330 g/mol. The van der Waals surface area contributed by atoms with Crippen LogP contribution in [-0.2, 0) is 10.0 Å². The SMILES string of the molecule is O=S(=O)(CCCO)Nc1cc(F)c(Br)cc1F. The Morgan fingerprint density at radius 2 is 1.94 bits per heavy atom. The molecule has 96 valence electrons. The second kappa shape index (κ2) is 5.74. The van der Waals surface area contributed by atoms with Crippen LogP contribution in [0, 0.1) is 11.6 Å². The van der Waals surface area contributed by atoms with Crippen LogP contribution in [0.25, 0.3) is 0 Å². The fourth-order valence-corrected chi connectivity index (χ4v) is 2.49. The van der Waals surface area contributed by atoms with E-state index in [1.807, 2.05) is 4.72 Å². The third-order valence-electron chi connectivity index (χ3n) is 1.85. The van der Waals surface area contributed by atoms with Crippen molar-refractivity contribution in [3.05, 3.63) is 28.2 Å². The minimum atomic E-state index is -3.78. The third kappa shape index (κ3) is 4.21. The first-order valence-electron chi connectivity index (χ1n) is 4.61. The summed E-state index contributed by atoms with van der Waals surface area (Å²) in [6, 6.07) is 1.58. The van der Waals surface area contributed by atoms with E-state index < -0.39 is 27.3 Å². The third-order valence-corrected chi connectivity index (χ3v) is 3.81. The molecular formula is C9H10BrF2NO3S. The predicted octanol–water partition coefficient (Wildman–Crippen LogP) is 1.85. The molecule has 0 aliphatic rings. The van der Waals surface area contributed by atoms with Crippen LogP contribution >= 0.6 is 15.9 Å². The van der Waals surface area contributed by atoms with Gasteiger partial charge in [-0.15, -0.1) is 0 Å². The first kappa shape index (κ1) is 14.3. The molecular weight excluding hydrogens is 320 g/mol. The van der Waals surface area contributed by atoms with Crippen LogP contribution in [0.15, 0.2) is 16.6 Å². The summed E-state index contributed by atoms with van der Waals surface area (Å²) in [5.74, 6) is -2.02. The van der Waals surface area contributed by atoms with Gasteiger partial charge in [0.2, 0.25) is 10.0 Å². The Kier molecular flexibility index (Phi) is 4.84. The van der Waals surface area contributed by atoms with Gasteiger partial charge in [-0.25, -0.2) is 17.2 Å². The lowest BCUT2D eigenvalue weighted by atomic mass is 10.3. The van der Waals surface area contributed by atoms with Crippen LogP contribution < -0.4 is 4.72 Å². The molecule has 0 fully saturated rings. The molecule has 0 aliphatic carbocycles. The lowest BCUT2D eigenvalue weighted by molar-refractivity contribution is 0.295. The summed E-state index contributed by atoms with van der Waals surface area (Å²) < 4.78 is 51.0. The minimum absolute atomic E-state index is 0.0238. The summed E-state index contributed by atoms with van der Waals surface area (Å²) in [5, 5.41) is 8.50. The first-order valence-corrected chi connectivity index (χ1v) is 7.06. The Morgan fingerprint density at radius 3 is 2.53 bits per heavy atom. The Hall–Kier alpha value is -0.730. The fraction of sp³-hybridized carbons (Fsp3) is 0.333. The maximum absolute atomic E-state index is 13.3. The molecule has 0 spiro atoms. The van der Waals surface area contributed by atoms with Crippen molar-refractivity contribution in [3.8, 4) is 0 Å². The zero-order valence-corrected chi connectivity index (χ0v) is 11.0. The van der Waals surface area contributed by atoms with Crippen molar-refractivity contribution < 1.29 is 22.3 Å². The van der Waals surface area contributed by atoms with Gasteiger partial charge in [0, 0.05) is 12.7 Å². The number of anilines is 1. The van der Waals surface area contributed by atoms with Crippen molar-refractivity contribution in [3.63, 3.8) is 0 Å². The van der Waals surface area contributed by atoms with Crippen LogP contribution in [0.3, 0.4) is 0 Å². The number of aliphatic hydroxyl groups is 1. The number of nitrogens with one attached hydrogen (secondary N) is 1. The fourth-order valence-electron chi connectivity index (χ4n) is 1.07. The van der Waals surface area contributed by atoms with Crippen molar-refractivity contribution in [2.45, 2.75) is 6.42 Å². The van der Waals surface area contributed by atoms with E-state index in [1.54, 1.807) is 0 Å². The molecule has 4 nitrogen and oxygen atoms in total. The molecule has 0 radical (unpaired) electrons. The molecule has 17 heavy (non-hydrogen) atoms. The van der Waals surface area contributed by atoms with Gasteiger partial charge < -0.3 is 5.11 Å². The summed E-state index contributed by atoms with van der Waals surface area (Å²) >= 11 is 2.78. The van der Waals surface area contributed by atoms with E-state index in [0.717, 1.165) is 12.1 Å². The van der Waals surface area contributed by atoms with Gasteiger partial charge in [0.1, 0.15) is 11.6 Å². The van der Waals surface area contributed by atoms with Gasteiger partial charge in [0.25, 0.3) is 0 Å². The Bertz CT molecular complexity index is 507. The Morgan fingerprint density at radius 1 is 1.29 bits per heavy atom. The molecule has 0 aromatic heterocycles. The number of aliphatic hydroxyl groups excluding tert-OH is 1. The topological polar surface area (TPSA) is 66.4 Å². The monoisotopic (exact) mass is 329 g/mol. The van der Waals surface area contributed by atoms with Crippen molar-refractivity contribution in [1.29, 1.82) is 0 Å². The second-order valence-corrected chi connectivity index (χ2v) is 5.94. The highest BCUT2D eigenvalue weighted by atomic mass is 79.9. The molecule has 0 saturated carbocycles. The van der Waals surface area contributed by atoms with Gasteiger partial charge in [-0.05, 0) is 28.4 Å². The summed E-state index contributed by atoms with van der Waals surface area (Å²) in [7, 11) is -3.78. The number of halogens is 3. The molecule has 0 unspecified atom stereocenters. The van der Waals surface area contributed by atoms with Gasteiger partial charge in [0.15, 0.2) is 0 Å². The number of benzene rings is 1. The number of rotatable bonds is 5. The minimum Gasteiger partial charge on any atom is -0.396 e. The molecule has 0 aliphatic heterocycles. The van der Waals surface area contributed by atoms with Gasteiger partial charge in [-0.1, -0.05) is 0 Å². The van der Waals surface area contributed by atoms with E-state index >= 15 is 0 Å². The summed E-state index contributed by atoms with van der Waals surface area (Å²) in [6.45, 7) is -0.294. The molecule has 1 aromatic rings. The van der Waals surface area contributed by atoms with Crippen LogP contribution in [0.2, 0.25) is 0 Å². The molecule has 2 N–H and O–H groups in total. The number of hydrogen-bond donors (Lipinski definition) is 2. The largest absolute Gasteiger partial charge is 0.396 e. The van der Waals surface area contributed by atoms with E-state index in [-0.39, 0.29) is 23.3 Å². The zero-order chi connectivity index (χ0) is 13.1. The zero-order valence-electron chi connectivity index (χ0n) is 8.58.